The molecule has 0 radical (unpaired) electrons. The average molecular weight is 1840 g/mol. The minimum Gasteiger partial charge on any atom is -0.508 e. The summed E-state index contributed by atoms with van der Waals surface area (Å²) >= 11 is 20.2. The average Bonchev–Trinajstić information content (AvgIpc) is 0.764. The summed E-state index contributed by atoms with van der Waals surface area (Å²) in [7, 11) is 2.79. The topological polar surface area (TPSA) is 591 Å². The highest BCUT2D eigenvalue weighted by Crippen LogP contribution is 2.50. The number of halogens is 4. The summed E-state index contributed by atoms with van der Waals surface area (Å²) in [6.45, 7) is 5.13. The first-order valence-corrected chi connectivity index (χ1v) is 41.1. The third kappa shape index (κ3) is 22.0. The predicted octanol–water partition coefficient (Wildman–Crippen LogP) is 2.05. The van der Waals surface area contributed by atoms with E-state index in [2.05, 4.69) is 58.3 Å². The van der Waals surface area contributed by atoms with Gasteiger partial charge in [0.2, 0.25) is 59.3 Å². The van der Waals surface area contributed by atoms with Crippen molar-refractivity contribution in [3.05, 3.63) is 180 Å². The minimum atomic E-state index is -2.41. The second kappa shape index (κ2) is 41.1. The Morgan fingerprint density at radius 2 is 1.40 bits per heavy atom. The second-order valence-corrected chi connectivity index (χ2v) is 32.5. The Kier molecular flexibility index (Phi) is 30.6. The number of rotatable bonds is 24. The Labute approximate surface area is 742 Å². The van der Waals surface area contributed by atoms with Gasteiger partial charge in [-0.25, -0.2) is 14.7 Å². The van der Waals surface area contributed by atoms with E-state index in [1.165, 1.54) is 68.3 Å². The molecular weight excluding hydrogens is 1750 g/mol. The van der Waals surface area contributed by atoms with Crippen LogP contribution < -0.4 is 79.0 Å². The van der Waals surface area contributed by atoms with Crippen molar-refractivity contribution >= 4 is 99.9 Å². The highest BCUT2D eigenvalue weighted by molar-refractivity contribution is 6.32. The number of methoxy groups -OCH3 is 1. The lowest BCUT2D eigenvalue weighted by Gasteiger charge is -2.48. The number of aromatic nitrogens is 2. The van der Waals surface area contributed by atoms with Crippen LogP contribution in [-0.4, -0.2) is 228 Å². The van der Waals surface area contributed by atoms with Crippen LogP contribution in [0.1, 0.15) is 111 Å². The van der Waals surface area contributed by atoms with E-state index in [0.29, 0.717) is 5.56 Å². The zero-order valence-electron chi connectivity index (χ0n) is 69.0. The number of hydrogen-bond acceptors (Lipinski definition) is 30. The summed E-state index contributed by atoms with van der Waals surface area (Å²) in [6, 6.07) is 4.50. The van der Waals surface area contributed by atoms with Gasteiger partial charge in [-0.2, -0.15) is 4.98 Å². The summed E-state index contributed by atoms with van der Waals surface area (Å²) in [5, 5.41) is 129. The van der Waals surface area contributed by atoms with Crippen LogP contribution in [0.2, 0.25) is 15.1 Å². The molecule has 18 atom stereocenters. The molecule has 40 nitrogen and oxygen atoms in total. The first-order valence-electron chi connectivity index (χ1n) is 40.0. The standard InChI is InChI=1S/C84H93Cl3FN13O27/c1-35(2)23-49(90-5)75(113)98-66-68(108)39-10-14-53(46(86)26-39)124-55-28-41-29-56(72(55)128-82-73(71(111)70(110)57(34-102)126-82)127-61-33-84(4,74(112)36(3)123-61)91-18-20-101-19-17-59(94-83(101)120)93-60(107)16-8-37-7-12-48(88)45(85)24-37)125-54-15-11-40(27-47(54)87)69(109)67-80(118)97-65(81(119)100-122-22-21-121-6)44-30-42(103)31-52(105)62(44)43-25-38(9-13-51(43)104)63(77(115)99-67)96-78(116)64(41)95-76(114)50(32-58(89)106)92-79(66)117/h7-17,19,24-31,35-36,49-50,57,61,63-71,73-74,82,90-91,102-105,108-112H,18,20-23,32-34H2,1-6H3,(H2,89,106)(H,92,117)(H,95,114)(H,96,116)(H,97,118)(H,98,113)(H,99,115)(H,100,119)(H,93,94,107,120)/b16-8+/t36?,49?,50?,57?,61?,63?,64?,65-,66?,67?,68?,69?,70?,71?,73?,74?,82?,84-/m1/s1. The lowest BCUT2D eigenvalue weighted by atomic mass is 9.85. The number of primary amides is 1. The molecule has 128 heavy (non-hydrogen) atoms. The maximum atomic E-state index is 16.4. The predicted molar refractivity (Wildman–Crippen MR) is 449 cm³/mol. The quantitative estimate of drug-likeness (QED) is 0.0234. The fourth-order valence-electron chi connectivity index (χ4n) is 15.0. The first-order chi connectivity index (χ1) is 60.8. The minimum absolute atomic E-state index is 0.0644. The third-order valence-corrected chi connectivity index (χ3v) is 22.6. The van der Waals surface area contributed by atoms with Crippen molar-refractivity contribution in [2.24, 2.45) is 11.7 Å². The highest BCUT2D eigenvalue weighted by Gasteiger charge is 2.52. The van der Waals surface area contributed by atoms with Crippen molar-refractivity contribution < 1.29 is 131 Å². The van der Waals surface area contributed by atoms with Crippen LogP contribution in [0.5, 0.6) is 46.0 Å². The molecule has 9 amide bonds. The monoisotopic (exact) mass is 1840 g/mol. The van der Waals surface area contributed by atoms with Gasteiger partial charge in [-0.1, -0.05) is 72.9 Å². The highest BCUT2D eigenvalue weighted by atomic mass is 35.5. The van der Waals surface area contributed by atoms with Crippen LogP contribution in [0.4, 0.5) is 10.2 Å². The van der Waals surface area contributed by atoms with E-state index in [1.54, 1.807) is 6.92 Å². The molecule has 8 heterocycles. The summed E-state index contributed by atoms with van der Waals surface area (Å²) < 4.78 is 59.4. The maximum absolute atomic E-state index is 16.4. The number of phenols is 3. The Hall–Kier alpha value is -11.8. The van der Waals surface area contributed by atoms with Crippen molar-refractivity contribution in [2.75, 3.05) is 45.8 Å². The number of phenolic OH excluding ortho intramolecular Hbond substituents is 3. The molecule has 7 aromatic rings. The van der Waals surface area contributed by atoms with Crippen LogP contribution in [0.15, 0.2) is 120 Å². The number of hydrogen-bond donors (Lipinski definition) is 20. The van der Waals surface area contributed by atoms with Crippen molar-refractivity contribution in [3.8, 4) is 57.1 Å². The SMILES string of the molecule is CNC(CC(C)C)C(=O)NC1C(=O)NC(CC(N)=O)C(=O)NC2C(=O)NC3C(=O)NC(C(=O)N[C@@H](C(=O)NOCCOC)c4cc(O)cc(O)c4-c4cc3ccc4O)C(O)c3ccc(c(Cl)c3)Oc3cc2cc(c3OC2OC(CO)C(O)C(O)C2OC2C[C@@](C)(NCCn3ccc(NC(=O)/C=C/c4ccc(F)c(Cl)c4)nc3=O)C(O)C(C)O2)Oc2ccc(cc2Cl)C1O. The maximum Gasteiger partial charge on any atom is 0.349 e. The number of nitrogens with zero attached hydrogens (tertiary/aromatic N) is 2. The molecule has 16 unspecified atom stereocenters. The van der Waals surface area contributed by atoms with Crippen molar-refractivity contribution in [2.45, 2.75) is 163 Å². The molecule has 2 saturated heterocycles. The number of anilines is 1. The van der Waals surface area contributed by atoms with E-state index in [9.17, 15) is 74.3 Å². The molecule has 2 fully saturated rings. The van der Waals surface area contributed by atoms with Gasteiger partial charge >= 0.3 is 5.69 Å². The third-order valence-electron chi connectivity index (χ3n) is 21.7. The number of aromatic hydroxyl groups is 3. The van der Waals surface area contributed by atoms with Gasteiger partial charge in [0.25, 0.3) is 5.91 Å². The van der Waals surface area contributed by atoms with Crippen molar-refractivity contribution in [1.82, 2.24) is 57.6 Å². The van der Waals surface area contributed by atoms with E-state index >= 15 is 24.0 Å². The molecule has 11 bridgehead atoms. The van der Waals surface area contributed by atoms with Crippen LogP contribution in [0, 0.1) is 11.7 Å². The van der Waals surface area contributed by atoms with E-state index < -0.39 is 259 Å². The Morgan fingerprint density at radius 1 is 0.734 bits per heavy atom. The van der Waals surface area contributed by atoms with Crippen LogP contribution in [-0.2, 0) is 73.5 Å². The fourth-order valence-corrected chi connectivity index (χ4v) is 15.7. The molecule has 44 heteroatoms. The van der Waals surface area contributed by atoms with Crippen LogP contribution >= 0.6 is 34.8 Å². The van der Waals surface area contributed by atoms with Crippen molar-refractivity contribution in [1.29, 1.82) is 0 Å². The van der Waals surface area contributed by atoms with E-state index in [1.807, 2.05) is 13.8 Å². The first kappa shape index (κ1) is 95.4. The number of carbonyl (C=O) groups is 9. The number of carbonyl (C=O) groups excluding carboxylic acids is 9. The summed E-state index contributed by atoms with van der Waals surface area (Å²) in [4.78, 5) is 156. The molecule has 0 saturated carbocycles. The molecule has 0 aliphatic carbocycles. The van der Waals surface area contributed by atoms with Gasteiger partial charge < -0.3 is 133 Å². The number of fused-ring (bicyclic) bond motifs is 15. The normalized spacial score (nSPS) is 25.7. The number of hydroxylamine groups is 1. The van der Waals surface area contributed by atoms with Crippen LogP contribution in [0.25, 0.3) is 17.2 Å². The van der Waals surface area contributed by atoms with Gasteiger partial charge in [0.05, 0.1) is 59.6 Å². The molecule has 21 N–H and O–H groups in total. The molecule has 7 aliphatic rings. The molecule has 14 rings (SSSR count). The molecule has 6 aromatic carbocycles. The lowest BCUT2D eigenvalue weighted by molar-refractivity contribution is -0.334. The van der Waals surface area contributed by atoms with Gasteiger partial charge in [0.1, 0.15) is 107 Å². The van der Waals surface area contributed by atoms with Crippen molar-refractivity contribution in [3.63, 3.8) is 0 Å². The zero-order chi connectivity index (χ0) is 92.6. The number of nitrogens with two attached hydrogens (primary N) is 1. The Bertz CT molecular complexity index is 5490. The largest absolute Gasteiger partial charge is 0.508 e. The number of aliphatic hydroxyl groups is 6. The summed E-state index contributed by atoms with van der Waals surface area (Å²) in [6.07, 6.45) is -15.9. The van der Waals surface area contributed by atoms with Gasteiger partial charge in [-0.05, 0) is 145 Å². The molecule has 7 aliphatic heterocycles. The number of benzene rings is 6. The van der Waals surface area contributed by atoms with Gasteiger partial charge in [0, 0.05) is 61.6 Å². The summed E-state index contributed by atoms with van der Waals surface area (Å²) in [5.74, 6) is -17.2. The van der Waals surface area contributed by atoms with Gasteiger partial charge in [0.15, 0.2) is 23.9 Å². The Morgan fingerprint density at radius 3 is 2.04 bits per heavy atom. The zero-order valence-corrected chi connectivity index (χ0v) is 71.2. The smallest absolute Gasteiger partial charge is 0.349 e. The van der Waals surface area contributed by atoms with Gasteiger partial charge in [-0.15, -0.1) is 0 Å². The molecular formula is C84H93Cl3FN13O27. The second-order valence-electron chi connectivity index (χ2n) is 31.3. The lowest BCUT2D eigenvalue weighted by Crippen LogP contribution is -2.65. The number of aliphatic hydroxyl groups excluding tert-OH is 6. The number of amides is 9. The molecule has 684 valence electrons. The number of nitrogens with one attached hydrogen (secondary N) is 10. The van der Waals surface area contributed by atoms with E-state index in [4.69, 9.17) is 78.5 Å². The molecule has 0 spiro atoms. The number of ether oxygens (including phenoxy) is 7. The van der Waals surface area contributed by atoms with Gasteiger partial charge in [-0.3, -0.25) is 52.6 Å². The molecule has 1 aromatic heterocycles. The summed E-state index contributed by atoms with van der Waals surface area (Å²) in [5.41, 5.74) is 3.36. The number of likely N-dealkylation sites (N-methyl/N-ethyl adjacent to an activating group) is 1. The van der Waals surface area contributed by atoms with Crippen LogP contribution in [0.3, 0.4) is 0 Å². The van der Waals surface area contributed by atoms with E-state index in [0.717, 1.165) is 78.9 Å². The fraction of sp³-hybridized carbons (Fsp3) is 0.393. The Balaban J connectivity index is 0.992. The van der Waals surface area contributed by atoms with E-state index in [-0.39, 0.29) is 78.3 Å².